The van der Waals surface area contributed by atoms with Gasteiger partial charge in [-0.2, -0.15) is 0 Å². The molecule has 4 N–H and O–H groups in total. The van der Waals surface area contributed by atoms with E-state index >= 15 is 0 Å². The molecule has 0 spiro atoms. The minimum atomic E-state index is -1.64. The van der Waals surface area contributed by atoms with E-state index in [-0.39, 0.29) is 33.6 Å². The van der Waals surface area contributed by atoms with Gasteiger partial charge in [0, 0.05) is 17.7 Å². The number of aliphatic hydroxyl groups is 4. The van der Waals surface area contributed by atoms with Gasteiger partial charge in [0.1, 0.15) is 41.1 Å². The zero-order chi connectivity index (χ0) is 23.7. The molecule has 5 unspecified atom stereocenters. The number of hydrogen-bond donors (Lipinski definition) is 4. The minimum absolute atomic E-state index is 0.0143. The average molecular weight is 460 g/mol. The summed E-state index contributed by atoms with van der Waals surface area (Å²) in [5, 5.41) is 39.9. The van der Waals surface area contributed by atoms with Crippen LogP contribution in [0.2, 0.25) is 0 Å². The van der Waals surface area contributed by atoms with E-state index in [0.29, 0.717) is 11.3 Å². The van der Waals surface area contributed by atoms with Gasteiger partial charge in [0.2, 0.25) is 12.0 Å². The Labute approximate surface area is 188 Å². The molecule has 2 aromatic carbocycles. The predicted octanol–water partition coefficient (Wildman–Crippen LogP) is 0.656. The van der Waals surface area contributed by atoms with E-state index in [1.165, 1.54) is 26.4 Å². The summed E-state index contributed by atoms with van der Waals surface area (Å²) in [4.78, 5) is 12.9. The molecule has 3 aromatic rings. The second-order valence-corrected chi connectivity index (χ2v) is 7.47. The van der Waals surface area contributed by atoms with Gasteiger partial charge in [0.15, 0.2) is 16.9 Å². The van der Waals surface area contributed by atoms with Crippen LogP contribution in [0, 0.1) is 0 Å². The van der Waals surface area contributed by atoms with Crippen LogP contribution in [0.3, 0.4) is 0 Å². The van der Waals surface area contributed by atoms with Crippen molar-refractivity contribution < 1.29 is 43.8 Å². The van der Waals surface area contributed by atoms with Crippen LogP contribution in [0.5, 0.6) is 17.2 Å². The molecular weight excluding hydrogens is 436 g/mol. The number of rotatable bonds is 6. The van der Waals surface area contributed by atoms with Gasteiger partial charge in [0.25, 0.3) is 0 Å². The average Bonchev–Trinajstić information content (AvgIpc) is 2.83. The van der Waals surface area contributed by atoms with Gasteiger partial charge in [-0.05, 0) is 0 Å². The number of hydrogen-bond acceptors (Lipinski definition) is 10. The fraction of sp³-hybridized carbons (Fsp3) is 0.348. The standard InChI is InChI=1S/C23H24O10/c1-29-21-15(32-23-20(28)19(27)18(26)16(10-24)33-23)9-14-17(22(21)30-2)12(25)8-13(31-14)11-6-4-3-5-7-11/h3-9,16,18-20,23-24,26-28H,10H2,1-2H3. The van der Waals surface area contributed by atoms with E-state index in [4.69, 9.17) is 23.4 Å². The molecule has 0 radical (unpaired) electrons. The molecule has 176 valence electrons. The molecule has 1 aromatic heterocycles. The number of ether oxygens (including phenoxy) is 4. The summed E-state index contributed by atoms with van der Waals surface area (Å²) in [7, 11) is 2.68. The first-order chi connectivity index (χ1) is 15.9. The van der Waals surface area contributed by atoms with E-state index in [2.05, 4.69) is 0 Å². The first-order valence-corrected chi connectivity index (χ1v) is 10.1. The summed E-state index contributed by atoms with van der Waals surface area (Å²) in [6, 6.07) is 11.8. The molecule has 4 rings (SSSR count). The number of fused-ring (bicyclic) bond motifs is 1. The molecular formula is C23H24O10. The lowest BCUT2D eigenvalue weighted by atomic mass is 9.99. The number of methoxy groups -OCH3 is 2. The first kappa shape index (κ1) is 23.0. The van der Waals surface area contributed by atoms with Crippen LogP contribution in [-0.4, -0.2) is 72.0 Å². The highest BCUT2D eigenvalue weighted by Gasteiger charge is 2.45. The van der Waals surface area contributed by atoms with Crippen molar-refractivity contribution in [2.24, 2.45) is 0 Å². The van der Waals surface area contributed by atoms with E-state index in [1.54, 1.807) is 12.1 Å². The van der Waals surface area contributed by atoms with Crippen LogP contribution in [0.4, 0.5) is 0 Å². The molecule has 1 aliphatic rings. The highest BCUT2D eigenvalue weighted by molar-refractivity contribution is 5.90. The summed E-state index contributed by atoms with van der Waals surface area (Å²) < 4.78 is 27.9. The Kier molecular flexibility index (Phi) is 6.54. The zero-order valence-corrected chi connectivity index (χ0v) is 17.9. The Balaban J connectivity index is 1.83. The van der Waals surface area contributed by atoms with Gasteiger partial charge in [-0.25, -0.2) is 0 Å². The molecule has 33 heavy (non-hydrogen) atoms. The van der Waals surface area contributed by atoms with Crippen molar-refractivity contribution >= 4 is 11.0 Å². The third-order valence-electron chi connectivity index (χ3n) is 5.45. The molecule has 0 saturated carbocycles. The van der Waals surface area contributed by atoms with Gasteiger partial charge < -0.3 is 43.8 Å². The van der Waals surface area contributed by atoms with E-state index < -0.39 is 37.3 Å². The predicted molar refractivity (Wildman–Crippen MR) is 115 cm³/mol. The SMILES string of the molecule is COc1c(OC2OC(CO)C(O)C(O)C2O)cc2oc(-c3ccccc3)cc(=O)c2c1OC. The third kappa shape index (κ3) is 4.14. The summed E-state index contributed by atoms with van der Waals surface area (Å²) in [6.07, 6.45) is -7.44. The van der Waals surface area contributed by atoms with Crippen LogP contribution in [0.25, 0.3) is 22.3 Å². The second kappa shape index (κ2) is 9.38. The van der Waals surface area contributed by atoms with Crippen LogP contribution in [-0.2, 0) is 4.74 Å². The topological polar surface area (TPSA) is 148 Å². The van der Waals surface area contributed by atoms with Crippen molar-refractivity contribution in [1.82, 2.24) is 0 Å². The summed E-state index contributed by atoms with van der Waals surface area (Å²) in [5.74, 6) is 0.378. The summed E-state index contributed by atoms with van der Waals surface area (Å²) in [5.41, 5.74) is 0.436. The lowest BCUT2D eigenvalue weighted by Gasteiger charge is -2.39. The Bertz CT molecular complexity index is 1170. The minimum Gasteiger partial charge on any atom is -0.492 e. The quantitative estimate of drug-likeness (QED) is 0.413. The van der Waals surface area contributed by atoms with Gasteiger partial charge in [0.05, 0.1) is 20.8 Å². The van der Waals surface area contributed by atoms with Crippen molar-refractivity contribution in [3.63, 3.8) is 0 Å². The fourth-order valence-corrected chi connectivity index (χ4v) is 3.76. The van der Waals surface area contributed by atoms with E-state index in [0.717, 1.165) is 0 Å². The van der Waals surface area contributed by atoms with Gasteiger partial charge in [-0.1, -0.05) is 30.3 Å². The molecule has 10 nitrogen and oxygen atoms in total. The third-order valence-corrected chi connectivity index (χ3v) is 5.45. The molecule has 5 atom stereocenters. The number of aliphatic hydroxyl groups excluding tert-OH is 4. The second-order valence-electron chi connectivity index (χ2n) is 7.47. The Morgan fingerprint density at radius 3 is 2.27 bits per heavy atom. The monoisotopic (exact) mass is 460 g/mol. The molecule has 0 amide bonds. The van der Waals surface area contributed by atoms with E-state index in [9.17, 15) is 25.2 Å². The highest BCUT2D eigenvalue weighted by Crippen LogP contribution is 2.44. The van der Waals surface area contributed by atoms with Crippen molar-refractivity contribution in [2.75, 3.05) is 20.8 Å². The smallest absolute Gasteiger partial charge is 0.229 e. The maximum atomic E-state index is 12.9. The lowest BCUT2D eigenvalue weighted by Crippen LogP contribution is -2.60. The molecule has 2 heterocycles. The van der Waals surface area contributed by atoms with Crippen LogP contribution in [0.15, 0.2) is 51.7 Å². The maximum Gasteiger partial charge on any atom is 0.229 e. The highest BCUT2D eigenvalue weighted by atomic mass is 16.7. The van der Waals surface area contributed by atoms with Crippen molar-refractivity contribution in [1.29, 1.82) is 0 Å². The van der Waals surface area contributed by atoms with Crippen LogP contribution >= 0.6 is 0 Å². The fourth-order valence-electron chi connectivity index (χ4n) is 3.76. The van der Waals surface area contributed by atoms with Gasteiger partial charge in [-0.15, -0.1) is 0 Å². The lowest BCUT2D eigenvalue weighted by molar-refractivity contribution is -0.277. The molecule has 1 fully saturated rings. The van der Waals surface area contributed by atoms with Crippen molar-refractivity contribution in [3.8, 4) is 28.6 Å². The molecule has 1 aliphatic heterocycles. The molecule has 1 saturated heterocycles. The van der Waals surface area contributed by atoms with Crippen LogP contribution in [0.1, 0.15) is 0 Å². The zero-order valence-electron chi connectivity index (χ0n) is 17.9. The Morgan fingerprint density at radius 1 is 0.939 bits per heavy atom. The largest absolute Gasteiger partial charge is 0.492 e. The van der Waals surface area contributed by atoms with Crippen LogP contribution < -0.4 is 19.6 Å². The molecule has 10 heteroatoms. The normalized spacial score (nSPS) is 25.1. The molecule has 0 aliphatic carbocycles. The van der Waals surface area contributed by atoms with Crippen molar-refractivity contribution in [2.45, 2.75) is 30.7 Å². The summed E-state index contributed by atoms with van der Waals surface area (Å²) >= 11 is 0. The Hall–Kier alpha value is -3.15. The van der Waals surface area contributed by atoms with E-state index in [1.807, 2.05) is 18.2 Å². The first-order valence-electron chi connectivity index (χ1n) is 10.1. The number of benzene rings is 2. The van der Waals surface area contributed by atoms with Gasteiger partial charge in [-0.3, -0.25) is 4.79 Å². The Morgan fingerprint density at radius 2 is 1.64 bits per heavy atom. The van der Waals surface area contributed by atoms with Gasteiger partial charge >= 0.3 is 0 Å². The maximum absolute atomic E-state index is 12.9. The molecule has 0 bridgehead atoms. The van der Waals surface area contributed by atoms with Crippen molar-refractivity contribution in [3.05, 3.63) is 52.7 Å². The summed E-state index contributed by atoms with van der Waals surface area (Å²) in [6.45, 7) is -0.613.